The molecule has 0 unspecified atom stereocenters. The van der Waals surface area contributed by atoms with Crippen molar-refractivity contribution in [2.45, 2.75) is 32.1 Å². The molecular weight excluding hydrogens is 264 g/mol. The maximum Gasteiger partial charge on any atom is 0.227 e. The molecule has 21 heavy (non-hydrogen) atoms. The van der Waals surface area contributed by atoms with Crippen molar-refractivity contribution in [3.05, 3.63) is 18.3 Å². The van der Waals surface area contributed by atoms with Crippen LogP contribution < -0.4 is 15.5 Å². The minimum absolute atomic E-state index is 0.129. The molecule has 2 aliphatic heterocycles. The number of hydrogen-bond donors (Lipinski definition) is 2. The molecule has 2 saturated heterocycles. The molecule has 0 aromatic carbocycles. The van der Waals surface area contributed by atoms with Gasteiger partial charge in [0.25, 0.3) is 0 Å². The number of hydrogen-bond acceptors (Lipinski definition) is 4. The van der Waals surface area contributed by atoms with Crippen LogP contribution in [0, 0.1) is 5.92 Å². The zero-order valence-corrected chi connectivity index (χ0v) is 12.5. The number of aromatic nitrogens is 1. The number of amides is 1. The SMILES string of the molecule is O=C(Nc1ccc(N2CCCCC2)nc1)C1CCNCC1. The molecule has 3 rings (SSSR count). The van der Waals surface area contributed by atoms with Crippen molar-refractivity contribution in [1.82, 2.24) is 10.3 Å². The van der Waals surface area contributed by atoms with Crippen LogP contribution in [0.4, 0.5) is 11.5 Å². The number of carbonyl (C=O) groups excluding carboxylic acids is 1. The molecule has 1 aromatic heterocycles. The van der Waals surface area contributed by atoms with Crippen LogP contribution in [0.2, 0.25) is 0 Å². The van der Waals surface area contributed by atoms with Crippen molar-refractivity contribution in [1.29, 1.82) is 0 Å². The van der Waals surface area contributed by atoms with E-state index in [0.29, 0.717) is 0 Å². The van der Waals surface area contributed by atoms with E-state index < -0.39 is 0 Å². The zero-order chi connectivity index (χ0) is 14.5. The minimum atomic E-state index is 0.129. The predicted octanol–water partition coefficient (Wildman–Crippen LogP) is 2.01. The third-order valence-electron chi connectivity index (χ3n) is 4.41. The highest BCUT2D eigenvalue weighted by atomic mass is 16.1. The fourth-order valence-electron chi connectivity index (χ4n) is 3.10. The summed E-state index contributed by atoms with van der Waals surface area (Å²) in [5, 5.41) is 6.27. The molecule has 1 aromatic rings. The van der Waals surface area contributed by atoms with E-state index in [4.69, 9.17) is 0 Å². The maximum absolute atomic E-state index is 12.2. The number of nitrogens with zero attached hydrogens (tertiary/aromatic N) is 2. The zero-order valence-electron chi connectivity index (χ0n) is 12.5. The largest absolute Gasteiger partial charge is 0.357 e. The Morgan fingerprint density at radius 3 is 2.62 bits per heavy atom. The Bertz CT molecular complexity index is 462. The fraction of sp³-hybridized carbons (Fsp3) is 0.625. The van der Waals surface area contributed by atoms with E-state index in [2.05, 4.69) is 20.5 Å². The van der Waals surface area contributed by atoms with Crippen LogP contribution in [0.15, 0.2) is 18.3 Å². The minimum Gasteiger partial charge on any atom is -0.357 e. The normalized spacial score (nSPS) is 20.3. The monoisotopic (exact) mass is 288 g/mol. The standard InChI is InChI=1S/C16H24N4O/c21-16(13-6-8-17-9-7-13)19-14-4-5-15(18-12-14)20-10-2-1-3-11-20/h4-5,12-13,17H,1-3,6-11H2,(H,19,21). The first kappa shape index (κ1) is 14.3. The lowest BCUT2D eigenvalue weighted by Gasteiger charge is -2.27. The van der Waals surface area contributed by atoms with Crippen molar-refractivity contribution in [3.8, 4) is 0 Å². The molecule has 2 N–H and O–H groups in total. The van der Waals surface area contributed by atoms with Gasteiger partial charge in [0, 0.05) is 19.0 Å². The van der Waals surface area contributed by atoms with Gasteiger partial charge in [-0.25, -0.2) is 4.98 Å². The van der Waals surface area contributed by atoms with E-state index in [0.717, 1.165) is 50.5 Å². The maximum atomic E-state index is 12.2. The van der Waals surface area contributed by atoms with Crippen molar-refractivity contribution >= 4 is 17.4 Å². The lowest BCUT2D eigenvalue weighted by atomic mass is 9.97. The number of pyridine rings is 1. The lowest BCUT2D eigenvalue weighted by Crippen LogP contribution is -2.34. The summed E-state index contributed by atoms with van der Waals surface area (Å²) >= 11 is 0. The summed E-state index contributed by atoms with van der Waals surface area (Å²) in [5.41, 5.74) is 0.805. The molecule has 1 amide bonds. The second-order valence-electron chi connectivity index (χ2n) is 5.97. The van der Waals surface area contributed by atoms with Gasteiger partial charge in [-0.05, 0) is 57.3 Å². The van der Waals surface area contributed by atoms with E-state index in [1.165, 1.54) is 19.3 Å². The average Bonchev–Trinajstić information content (AvgIpc) is 2.57. The van der Waals surface area contributed by atoms with Crippen molar-refractivity contribution in [2.75, 3.05) is 36.4 Å². The molecule has 0 spiro atoms. The lowest BCUT2D eigenvalue weighted by molar-refractivity contribution is -0.120. The van der Waals surface area contributed by atoms with Crippen LogP contribution in [-0.4, -0.2) is 37.1 Å². The highest BCUT2D eigenvalue weighted by molar-refractivity contribution is 5.92. The number of carbonyl (C=O) groups is 1. The van der Waals surface area contributed by atoms with Gasteiger partial charge in [0.05, 0.1) is 11.9 Å². The van der Waals surface area contributed by atoms with Crippen molar-refractivity contribution < 1.29 is 4.79 Å². The Labute approximate surface area is 126 Å². The fourth-order valence-corrected chi connectivity index (χ4v) is 3.10. The summed E-state index contributed by atoms with van der Waals surface area (Å²) in [4.78, 5) is 19.0. The molecular formula is C16H24N4O. The first-order chi connectivity index (χ1) is 10.3. The van der Waals surface area contributed by atoms with Crippen LogP contribution in [-0.2, 0) is 4.79 Å². The molecule has 2 aliphatic rings. The predicted molar refractivity (Wildman–Crippen MR) is 84.5 cm³/mol. The van der Waals surface area contributed by atoms with Gasteiger partial charge in [0.2, 0.25) is 5.91 Å². The smallest absolute Gasteiger partial charge is 0.227 e. The second kappa shape index (κ2) is 6.89. The van der Waals surface area contributed by atoms with E-state index in [1.54, 1.807) is 6.20 Å². The number of nitrogens with one attached hydrogen (secondary N) is 2. The first-order valence-electron chi connectivity index (χ1n) is 8.05. The Hall–Kier alpha value is -1.62. The highest BCUT2D eigenvalue weighted by Crippen LogP contribution is 2.20. The average molecular weight is 288 g/mol. The van der Waals surface area contributed by atoms with Gasteiger partial charge in [-0.15, -0.1) is 0 Å². The third kappa shape index (κ3) is 3.73. The van der Waals surface area contributed by atoms with E-state index >= 15 is 0 Å². The summed E-state index contributed by atoms with van der Waals surface area (Å²) in [7, 11) is 0. The quantitative estimate of drug-likeness (QED) is 0.893. The van der Waals surface area contributed by atoms with Crippen molar-refractivity contribution in [3.63, 3.8) is 0 Å². The van der Waals surface area contributed by atoms with Gasteiger partial charge in [-0.1, -0.05) is 0 Å². The van der Waals surface area contributed by atoms with Gasteiger partial charge >= 0.3 is 0 Å². The van der Waals surface area contributed by atoms with Gasteiger partial charge in [0.15, 0.2) is 0 Å². The van der Waals surface area contributed by atoms with E-state index in [1.807, 2.05) is 12.1 Å². The molecule has 5 nitrogen and oxygen atoms in total. The topological polar surface area (TPSA) is 57.3 Å². The van der Waals surface area contributed by atoms with Gasteiger partial charge in [0.1, 0.15) is 5.82 Å². The van der Waals surface area contributed by atoms with Crippen LogP contribution in [0.5, 0.6) is 0 Å². The molecule has 0 atom stereocenters. The molecule has 5 heteroatoms. The van der Waals surface area contributed by atoms with Crippen LogP contribution in [0.3, 0.4) is 0 Å². The molecule has 0 aliphatic carbocycles. The molecule has 114 valence electrons. The highest BCUT2D eigenvalue weighted by Gasteiger charge is 2.21. The summed E-state index contributed by atoms with van der Waals surface area (Å²) in [5.74, 6) is 1.28. The number of piperidine rings is 2. The first-order valence-corrected chi connectivity index (χ1v) is 8.05. The molecule has 0 bridgehead atoms. The summed E-state index contributed by atoms with van der Waals surface area (Å²) in [6.07, 6.45) is 7.44. The molecule has 3 heterocycles. The van der Waals surface area contributed by atoms with Gasteiger partial charge in [-0.3, -0.25) is 4.79 Å². The molecule has 0 saturated carbocycles. The van der Waals surface area contributed by atoms with Gasteiger partial charge < -0.3 is 15.5 Å². The second-order valence-corrected chi connectivity index (χ2v) is 5.97. The van der Waals surface area contributed by atoms with Crippen LogP contribution >= 0.6 is 0 Å². The van der Waals surface area contributed by atoms with Crippen molar-refractivity contribution in [2.24, 2.45) is 5.92 Å². The Morgan fingerprint density at radius 2 is 1.95 bits per heavy atom. The van der Waals surface area contributed by atoms with Gasteiger partial charge in [-0.2, -0.15) is 0 Å². The number of anilines is 2. The van der Waals surface area contributed by atoms with E-state index in [9.17, 15) is 4.79 Å². The summed E-state index contributed by atoms with van der Waals surface area (Å²) in [6.45, 7) is 4.05. The van der Waals surface area contributed by atoms with E-state index in [-0.39, 0.29) is 11.8 Å². The van der Waals surface area contributed by atoms with Crippen LogP contribution in [0.25, 0.3) is 0 Å². The Balaban J connectivity index is 1.57. The summed E-state index contributed by atoms with van der Waals surface area (Å²) in [6, 6.07) is 3.99. The third-order valence-corrected chi connectivity index (χ3v) is 4.41. The summed E-state index contributed by atoms with van der Waals surface area (Å²) < 4.78 is 0. The number of rotatable bonds is 3. The van der Waals surface area contributed by atoms with Crippen LogP contribution in [0.1, 0.15) is 32.1 Å². The molecule has 0 radical (unpaired) electrons. The Morgan fingerprint density at radius 1 is 1.19 bits per heavy atom. The molecule has 2 fully saturated rings. The Kier molecular flexibility index (Phi) is 4.70.